The molecule has 5 rings (SSSR count). The predicted molar refractivity (Wildman–Crippen MR) is 152 cm³/mol. The van der Waals surface area contributed by atoms with Crippen molar-refractivity contribution in [1.29, 1.82) is 0 Å². The highest BCUT2D eigenvalue weighted by atomic mass is 32.2. The average Bonchev–Trinajstić information content (AvgIpc) is 3.48. The number of hydrogen-bond donors (Lipinski definition) is 0. The Kier molecular flexibility index (Phi) is 6.94. The van der Waals surface area contributed by atoms with Crippen LogP contribution in [0.4, 0.5) is 0 Å². The molecule has 0 saturated carbocycles. The molecule has 5 aromatic rings. The number of aromatic nitrogens is 3. The molecule has 7 heteroatoms. The van der Waals surface area contributed by atoms with Gasteiger partial charge in [0.2, 0.25) is 0 Å². The van der Waals surface area contributed by atoms with Crippen molar-refractivity contribution < 1.29 is 4.79 Å². The van der Waals surface area contributed by atoms with Gasteiger partial charge in [-0.1, -0.05) is 73.3 Å². The van der Waals surface area contributed by atoms with Crippen LogP contribution in [0.2, 0.25) is 0 Å². The average molecular weight is 514 g/mol. The van der Waals surface area contributed by atoms with Crippen molar-refractivity contribution >= 4 is 50.0 Å². The fourth-order valence-corrected chi connectivity index (χ4v) is 6.52. The van der Waals surface area contributed by atoms with Gasteiger partial charge in [0.15, 0.2) is 10.9 Å². The highest BCUT2D eigenvalue weighted by molar-refractivity contribution is 7.99. The van der Waals surface area contributed by atoms with Gasteiger partial charge in [0.25, 0.3) is 5.56 Å². The molecule has 0 spiro atoms. The molecule has 0 N–H and O–H groups in total. The lowest BCUT2D eigenvalue weighted by Crippen LogP contribution is -2.22. The number of fused-ring (bicyclic) bond motifs is 2. The monoisotopic (exact) mass is 513 g/mol. The van der Waals surface area contributed by atoms with E-state index in [0.29, 0.717) is 22.7 Å². The quantitative estimate of drug-likeness (QED) is 0.0939. The molecule has 0 aliphatic heterocycles. The van der Waals surface area contributed by atoms with Gasteiger partial charge in [-0.25, -0.2) is 4.98 Å². The summed E-state index contributed by atoms with van der Waals surface area (Å²) in [7, 11) is 0. The summed E-state index contributed by atoms with van der Waals surface area (Å²) in [5.74, 6) is 0.195. The van der Waals surface area contributed by atoms with Crippen molar-refractivity contribution in [3.63, 3.8) is 0 Å². The first kappa shape index (κ1) is 24.3. The number of ketones is 1. The molecule has 0 aliphatic rings. The van der Waals surface area contributed by atoms with Gasteiger partial charge in [-0.2, -0.15) is 0 Å². The van der Waals surface area contributed by atoms with Gasteiger partial charge in [0.1, 0.15) is 4.83 Å². The zero-order chi connectivity index (χ0) is 25.2. The van der Waals surface area contributed by atoms with Crippen LogP contribution in [0, 0.1) is 0 Å². The fraction of sp³-hybridized carbons (Fsp3) is 0.207. The maximum atomic E-state index is 13.9. The minimum absolute atomic E-state index is 0.0159. The van der Waals surface area contributed by atoms with E-state index < -0.39 is 0 Å². The van der Waals surface area contributed by atoms with Crippen LogP contribution in [-0.2, 0) is 19.5 Å². The summed E-state index contributed by atoms with van der Waals surface area (Å²) in [6.07, 6.45) is 2.54. The number of rotatable bonds is 9. The van der Waals surface area contributed by atoms with Crippen molar-refractivity contribution in [2.75, 3.05) is 5.75 Å². The number of aryl methyl sites for hydroxylation is 2. The largest absolute Gasteiger partial charge is 0.340 e. The number of benzene rings is 2. The molecule has 0 bridgehead atoms. The van der Waals surface area contributed by atoms with E-state index >= 15 is 0 Å². The number of allylic oxidation sites excluding steroid dienone is 1. The second kappa shape index (κ2) is 10.3. The highest BCUT2D eigenvalue weighted by Crippen LogP contribution is 2.35. The molecule has 0 aliphatic carbocycles. The number of carbonyl (C=O) groups excluding carboxylic acids is 1. The normalized spacial score (nSPS) is 11.4. The smallest absolute Gasteiger partial charge is 0.263 e. The van der Waals surface area contributed by atoms with Crippen LogP contribution < -0.4 is 5.56 Å². The van der Waals surface area contributed by atoms with Crippen molar-refractivity contribution in [3.8, 4) is 11.3 Å². The van der Waals surface area contributed by atoms with Gasteiger partial charge >= 0.3 is 0 Å². The molecule has 0 radical (unpaired) electrons. The summed E-state index contributed by atoms with van der Waals surface area (Å²) in [4.78, 5) is 33.7. The third kappa shape index (κ3) is 4.22. The Morgan fingerprint density at radius 2 is 1.81 bits per heavy atom. The molecule has 0 saturated heterocycles. The zero-order valence-corrected chi connectivity index (χ0v) is 22.0. The molecule has 2 aromatic carbocycles. The van der Waals surface area contributed by atoms with Crippen LogP contribution in [0.3, 0.4) is 0 Å². The van der Waals surface area contributed by atoms with Crippen LogP contribution in [-0.4, -0.2) is 25.7 Å². The van der Waals surface area contributed by atoms with Crippen LogP contribution in [0.1, 0.15) is 29.1 Å². The van der Waals surface area contributed by atoms with Crippen LogP contribution in [0.5, 0.6) is 0 Å². The Hall–Kier alpha value is -3.42. The van der Waals surface area contributed by atoms with Crippen molar-refractivity contribution in [2.45, 2.75) is 38.5 Å². The molecule has 0 unspecified atom stereocenters. The lowest BCUT2D eigenvalue weighted by Gasteiger charge is -2.11. The van der Waals surface area contributed by atoms with E-state index in [4.69, 9.17) is 4.98 Å². The van der Waals surface area contributed by atoms with Crippen LogP contribution >= 0.6 is 23.1 Å². The topological polar surface area (TPSA) is 56.9 Å². The molecule has 3 heterocycles. The maximum Gasteiger partial charge on any atom is 0.263 e. The maximum absolute atomic E-state index is 13.9. The van der Waals surface area contributed by atoms with E-state index in [1.807, 2.05) is 54.6 Å². The standard InChI is InChI=1S/C29H27N3O2S2/c1-4-16-32-28(34)22-17-20(5-2)36-27(22)30-29(32)35-18-24(33)25-21-14-10-11-15-23(21)31(6-3)26(25)19-12-8-7-9-13-19/h4,7-15,17H,1,5-6,16,18H2,2-3H3. The first-order valence-corrected chi connectivity index (χ1v) is 13.8. The lowest BCUT2D eigenvalue weighted by molar-refractivity contribution is 0.102. The van der Waals surface area contributed by atoms with Crippen molar-refractivity contribution in [1.82, 2.24) is 14.1 Å². The summed E-state index contributed by atoms with van der Waals surface area (Å²) in [6, 6.07) is 20.0. The van der Waals surface area contributed by atoms with E-state index in [9.17, 15) is 9.59 Å². The number of thioether (sulfide) groups is 1. The molecule has 0 amide bonds. The molecular formula is C29H27N3O2S2. The molecule has 36 heavy (non-hydrogen) atoms. The summed E-state index contributed by atoms with van der Waals surface area (Å²) in [5.41, 5.74) is 3.62. The minimum Gasteiger partial charge on any atom is -0.340 e. The zero-order valence-electron chi connectivity index (χ0n) is 20.4. The number of nitrogens with zero attached hydrogens (tertiary/aromatic N) is 3. The van der Waals surface area contributed by atoms with Crippen LogP contribution in [0.15, 0.2) is 83.3 Å². The Morgan fingerprint density at radius 3 is 2.53 bits per heavy atom. The van der Waals surface area contributed by atoms with Crippen molar-refractivity contribution in [3.05, 3.63) is 94.1 Å². The number of hydrogen-bond acceptors (Lipinski definition) is 5. The number of Topliss-reactive ketones (excluding diaryl/α,β-unsaturated/α-hetero) is 1. The summed E-state index contributed by atoms with van der Waals surface area (Å²) < 4.78 is 3.82. The van der Waals surface area contributed by atoms with Gasteiger partial charge in [-0.15, -0.1) is 17.9 Å². The van der Waals surface area contributed by atoms with Crippen LogP contribution in [0.25, 0.3) is 32.4 Å². The Labute approximate surface area is 218 Å². The van der Waals surface area contributed by atoms with E-state index in [1.54, 1.807) is 10.6 Å². The van der Waals surface area contributed by atoms with Gasteiger partial charge in [-0.3, -0.25) is 14.2 Å². The Morgan fingerprint density at radius 1 is 1.06 bits per heavy atom. The van der Waals surface area contributed by atoms with E-state index in [2.05, 4.69) is 31.1 Å². The molecule has 3 aromatic heterocycles. The molecular weight excluding hydrogens is 486 g/mol. The first-order chi connectivity index (χ1) is 17.6. The summed E-state index contributed by atoms with van der Waals surface area (Å²) in [5, 5.41) is 2.12. The second-order valence-corrected chi connectivity index (χ2v) is 10.5. The van der Waals surface area contributed by atoms with E-state index in [1.165, 1.54) is 23.1 Å². The van der Waals surface area contributed by atoms with Gasteiger partial charge < -0.3 is 4.57 Å². The predicted octanol–water partition coefficient (Wildman–Crippen LogP) is 6.82. The van der Waals surface area contributed by atoms with E-state index in [0.717, 1.165) is 44.8 Å². The first-order valence-electron chi connectivity index (χ1n) is 12.0. The summed E-state index contributed by atoms with van der Waals surface area (Å²) in [6.45, 7) is 9.07. The molecule has 5 nitrogen and oxygen atoms in total. The highest BCUT2D eigenvalue weighted by Gasteiger charge is 2.24. The fourth-order valence-electron chi connectivity index (χ4n) is 4.63. The Bertz CT molecular complexity index is 1640. The van der Waals surface area contributed by atoms with Crippen molar-refractivity contribution in [2.24, 2.45) is 0 Å². The third-order valence-electron chi connectivity index (χ3n) is 6.27. The number of para-hydroxylation sites is 1. The number of carbonyl (C=O) groups is 1. The van der Waals surface area contributed by atoms with E-state index in [-0.39, 0.29) is 17.1 Å². The van der Waals surface area contributed by atoms with Gasteiger partial charge in [0, 0.05) is 28.9 Å². The minimum atomic E-state index is -0.0849. The Balaban J connectivity index is 1.58. The second-order valence-electron chi connectivity index (χ2n) is 8.45. The SMILES string of the molecule is C=CCn1c(SCC(=O)c2c(-c3ccccc3)n(CC)c3ccccc23)nc2sc(CC)cc2c1=O. The third-order valence-corrected chi connectivity index (χ3v) is 8.42. The molecule has 0 fully saturated rings. The summed E-state index contributed by atoms with van der Waals surface area (Å²) >= 11 is 2.86. The molecule has 0 atom stereocenters. The lowest BCUT2D eigenvalue weighted by atomic mass is 10.0. The molecule has 182 valence electrons. The van der Waals surface area contributed by atoms with Gasteiger partial charge in [0.05, 0.1) is 22.4 Å². The number of thiophene rings is 1. The van der Waals surface area contributed by atoms with Gasteiger partial charge in [-0.05, 0) is 31.0 Å².